The molecular formula is C38H35FN5O8P. The number of halogens is 1. The van der Waals surface area contributed by atoms with Gasteiger partial charge >= 0.3 is 8.60 Å². The number of aromatic nitrogens is 4. The third kappa shape index (κ3) is 7.08. The van der Waals surface area contributed by atoms with Crippen molar-refractivity contribution >= 4 is 31.5 Å². The van der Waals surface area contributed by atoms with E-state index in [1.807, 2.05) is 54.6 Å². The lowest BCUT2D eigenvalue weighted by Gasteiger charge is -2.39. The van der Waals surface area contributed by atoms with Gasteiger partial charge in [0.05, 0.1) is 20.5 Å². The number of methoxy groups -OCH3 is 2. The minimum Gasteiger partial charge on any atom is -0.497 e. The van der Waals surface area contributed by atoms with E-state index < -0.39 is 44.9 Å². The number of carbonyl (C=O) groups is 1. The number of nitrogens with zero attached hydrogens (tertiary/aromatic N) is 4. The third-order valence-corrected chi connectivity index (χ3v) is 9.57. The maximum atomic E-state index is 17.3. The monoisotopic (exact) mass is 739 g/mol. The van der Waals surface area contributed by atoms with Crippen molar-refractivity contribution in [2.45, 2.75) is 30.4 Å². The molecule has 6 aromatic rings. The Morgan fingerprint density at radius 1 is 0.830 bits per heavy atom. The molecule has 13 nitrogen and oxygen atoms in total. The van der Waals surface area contributed by atoms with Gasteiger partial charge in [-0.25, -0.2) is 19.3 Å². The number of anilines is 1. The standard InChI is InChI=1S/C38H35FN5O8P/c1-47-28-18-14-26(15-19-28)38(25-12-8-5-9-13-25,27-16-20-29(48-2)21-17-27)51-32-30(39)36(50-37(32)52-53(46)49-3)44-23-42-31-33(40-22-41-34(31)44)43-35(45)24-10-6-4-7-11-24/h4-23,30,32,36-37,46H,1-3H3,(H,40,41,43,45)/t30-,32+,36-,37-,53?/m1/s1. The van der Waals surface area contributed by atoms with Crippen LogP contribution in [0.5, 0.6) is 11.5 Å². The van der Waals surface area contributed by atoms with Crippen LogP contribution in [0.2, 0.25) is 0 Å². The summed E-state index contributed by atoms with van der Waals surface area (Å²) in [6.07, 6.45) is -3.74. The summed E-state index contributed by atoms with van der Waals surface area (Å²) < 4.78 is 53.7. The second-order valence-corrected chi connectivity index (χ2v) is 12.9. The number of amides is 1. The van der Waals surface area contributed by atoms with E-state index in [0.717, 1.165) is 0 Å². The zero-order valence-electron chi connectivity index (χ0n) is 28.8. The minimum atomic E-state index is -2.50. The predicted molar refractivity (Wildman–Crippen MR) is 193 cm³/mol. The molecule has 0 spiro atoms. The minimum absolute atomic E-state index is 0.122. The van der Waals surface area contributed by atoms with Crippen LogP contribution in [0.4, 0.5) is 10.2 Å². The number of hydrogen-bond donors (Lipinski definition) is 2. The molecule has 1 aliphatic heterocycles. The van der Waals surface area contributed by atoms with Crippen molar-refractivity contribution in [1.29, 1.82) is 0 Å². The molecule has 0 radical (unpaired) electrons. The van der Waals surface area contributed by atoms with Gasteiger partial charge in [-0.15, -0.1) is 0 Å². The molecule has 0 aliphatic carbocycles. The predicted octanol–water partition coefficient (Wildman–Crippen LogP) is 6.55. The molecule has 3 heterocycles. The lowest BCUT2D eigenvalue weighted by molar-refractivity contribution is -0.164. The van der Waals surface area contributed by atoms with Gasteiger partial charge in [-0.3, -0.25) is 13.9 Å². The van der Waals surface area contributed by atoms with E-state index in [0.29, 0.717) is 33.8 Å². The zero-order valence-corrected chi connectivity index (χ0v) is 29.7. The molecule has 2 N–H and O–H groups in total. The number of alkyl halides is 1. The van der Waals surface area contributed by atoms with Crippen molar-refractivity contribution in [1.82, 2.24) is 19.5 Å². The Hall–Kier alpha value is -5.34. The maximum Gasteiger partial charge on any atom is 0.332 e. The highest BCUT2D eigenvalue weighted by molar-refractivity contribution is 7.40. The van der Waals surface area contributed by atoms with Crippen molar-refractivity contribution < 1.29 is 42.1 Å². The maximum absolute atomic E-state index is 17.3. The number of fused-ring (bicyclic) bond motifs is 1. The second-order valence-electron chi connectivity index (χ2n) is 11.8. The first-order chi connectivity index (χ1) is 25.9. The lowest BCUT2D eigenvalue weighted by Crippen LogP contribution is -2.43. The van der Waals surface area contributed by atoms with Crippen LogP contribution < -0.4 is 14.8 Å². The Morgan fingerprint density at radius 3 is 2.00 bits per heavy atom. The van der Waals surface area contributed by atoms with Crippen LogP contribution in [-0.2, 0) is 24.1 Å². The van der Waals surface area contributed by atoms with Crippen molar-refractivity contribution in [3.63, 3.8) is 0 Å². The van der Waals surface area contributed by atoms with Gasteiger partial charge in [0.2, 0.25) is 0 Å². The number of imidazole rings is 1. The van der Waals surface area contributed by atoms with Crippen LogP contribution in [0.3, 0.4) is 0 Å². The lowest BCUT2D eigenvalue weighted by atomic mass is 9.79. The largest absolute Gasteiger partial charge is 0.497 e. The van der Waals surface area contributed by atoms with Gasteiger partial charge in [0.25, 0.3) is 5.91 Å². The van der Waals surface area contributed by atoms with E-state index in [4.69, 9.17) is 28.0 Å². The van der Waals surface area contributed by atoms with E-state index >= 15 is 4.39 Å². The van der Waals surface area contributed by atoms with E-state index in [-0.39, 0.29) is 17.0 Å². The van der Waals surface area contributed by atoms with E-state index in [2.05, 4.69) is 20.3 Å². The number of rotatable bonds is 13. The first-order valence-electron chi connectivity index (χ1n) is 16.4. The normalized spacial score (nSPS) is 19.2. The number of benzene rings is 4. The van der Waals surface area contributed by atoms with Gasteiger partial charge in [-0.1, -0.05) is 72.8 Å². The second kappa shape index (κ2) is 15.7. The molecule has 1 saturated heterocycles. The van der Waals surface area contributed by atoms with Crippen LogP contribution >= 0.6 is 8.60 Å². The Morgan fingerprint density at radius 2 is 1.42 bits per heavy atom. The van der Waals surface area contributed by atoms with Gasteiger partial charge in [0, 0.05) is 12.7 Å². The summed E-state index contributed by atoms with van der Waals surface area (Å²) in [5.74, 6) is 0.932. The molecule has 53 heavy (non-hydrogen) atoms. The summed E-state index contributed by atoms with van der Waals surface area (Å²) in [6.45, 7) is 0. The fourth-order valence-corrected chi connectivity index (χ4v) is 6.72. The molecular weight excluding hydrogens is 704 g/mol. The first kappa shape index (κ1) is 36.0. The van der Waals surface area contributed by atoms with Gasteiger partial charge in [0.15, 0.2) is 35.7 Å². The fourth-order valence-electron chi connectivity index (χ4n) is 6.29. The highest BCUT2D eigenvalue weighted by Gasteiger charge is 2.54. The molecule has 1 fully saturated rings. The van der Waals surface area contributed by atoms with Crippen LogP contribution in [0, 0.1) is 0 Å². The van der Waals surface area contributed by atoms with Gasteiger partial charge in [-0.2, -0.15) is 0 Å². The summed E-state index contributed by atoms with van der Waals surface area (Å²) in [5.41, 5.74) is 1.27. The van der Waals surface area contributed by atoms with E-state index in [9.17, 15) is 9.69 Å². The third-order valence-electron chi connectivity index (χ3n) is 8.87. The summed E-state index contributed by atoms with van der Waals surface area (Å²) in [7, 11) is 1.89. The molecule has 2 aromatic heterocycles. The van der Waals surface area contributed by atoms with Crippen LogP contribution in [0.1, 0.15) is 33.3 Å². The number of carbonyl (C=O) groups excluding carboxylic acids is 1. The first-order valence-corrected chi connectivity index (χ1v) is 17.5. The molecule has 1 unspecified atom stereocenters. The molecule has 4 aromatic carbocycles. The highest BCUT2D eigenvalue weighted by atomic mass is 31.2. The quantitative estimate of drug-likeness (QED) is 0.0982. The zero-order chi connectivity index (χ0) is 37.0. The van der Waals surface area contributed by atoms with Crippen molar-refractivity contribution in [3.8, 4) is 11.5 Å². The average molecular weight is 740 g/mol. The summed E-state index contributed by atoms with van der Waals surface area (Å²) in [5, 5.41) is 2.75. The van der Waals surface area contributed by atoms with Crippen molar-refractivity contribution in [3.05, 3.63) is 144 Å². The number of nitrogens with one attached hydrogen (secondary N) is 1. The molecule has 5 atom stereocenters. The van der Waals surface area contributed by atoms with Crippen molar-refractivity contribution in [2.75, 3.05) is 26.6 Å². The molecule has 1 amide bonds. The van der Waals surface area contributed by atoms with E-state index in [1.54, 1.807) is 68.8 Å². The number of ether oxygens (including phenoxy) is 4. The molecule has 0 saturated carbocycles. The molecule has 7 rings (SSSR count). The Balaban J connectivity index is 1.32. The highest BCUT2D eigenvalue weighted by Crippen LogP contribution is 2.49. The Labute approximate surface area is 305 Å². The van der Waals surface area contributed by atoms with Gasteiger partial charge in [0.1, 0.15) is 29.5 Å². The van der Waals surface area contributed by atoms with Crippen LogP contribution in [0.15, 0.2) is 122 Å². The molecule has 272 valence electrons. The average Bonchev–Trinajstić information content (AvgIpc) is 3.78. The summed E-state index contributed by atoms with van der Waals surface area (Å²) in [6, 6.07) is 32.5. The topological polar surface area (TPSA) is 148 Å². The molecule has 15 heteroatoms. The fraction of sp³-hybridized carbons (Fsp3) is 0.211. The molecule has 0 bridgehead atoms. The van der Waals surface area contributed by atoms with Crippen LogP contribution in [-0.4, -0.2) is 70.2 Å². The number of hydrogen-bond acceptors (Lipinski definition) is 11. The van der Waals surface area contributed by atoms with Gasteiger partial charge in [-0.05, 0) is 53.1 Å². The SMILES string of the molecule is COc1ccc(C(O[C@@H]2[C@@H](OP(O)OC)O[C@@H](n3cnc4c(NC(=O)c5ccccc5)ncnc43)[C@@H]2F)(c2ccccc2)c2ccc(OC)cc2)cc1. The summed E-state index contributed by atoms with van der Waals surface area (Å²) in [4.78, 5) is 36.5. The van der Waals surface area contributed by atoms with Crippen LogP contribution in [0.25, 0.3) is 11.2 Å². The summed E-state index contributed by atoms with van der Waals surface area (Å²) >= 11 is 0. The smallest absolute Gasteiger partial charge is 0.332 e. The van der Waals surface area contributed by atoms with Crippen molar-refractivity contribution in [2.24, 2.45) is 0 Å². The van der Waals surface area contributed by atoms with E-state index in [1.165, 1.54) is 24.3 Å². The Kier molecular flexibility index (Phi) is 10.7. The van der Waals surface area contributed by atoms with Gasteiger partial charge < -0.3 is 33.7 Å². The Bertz CT molecular complexity index is 2100. The molecule has 1 aliphatic rings.